The molecule has 0 aromatic carbocycles. The van der Waals surface area contributed by atoms with E-state index in [0.717, 1.165) is 18.5 Å². The number of primary amides is 1. The van der Waals surface area contributed by atoms with E-state index in [2.05, 4.69) is 0 Å². The normalized spacial score (nSPS) is 23.0. The minimum absolute atomic E-state index is 0.0809. The number of hydrogen-bond acceptors (Lipinski definition) is 3. The van der Waals surface area contributed by atoms with Crippen molar-refractivity contribution in [2.75, 3.05) is 19.6 Å². The Hall–Kier alpha value is -1.36. The van der Waals surface area contributed by atoms with Crippen molar-refractivity contribution < 1.29 is 14.7 Å². The predicted octanol–water partition coefficient (Wildman–Crippen LogP) is -0.175. The van der Waals surface area contributed by atoms with Crippen LogP contribution in [-0.2, 0) is 9.59 Å². The molecule has 0 bridgehead atoms. The first-order valence-electron chi connectivity index (χ1n) is 4.91. The number of amides is 1. The van der Waals surface area contributed by atoms with Gasteiger partial charge in [0.25, 0.3) is 0 Å². The smallest absolute Gasteiger partial charge is 0.328 e. The van der Waals surface area contributed by atoms with Crippen LogP contribution in [0.25, 0.3) is 0 Å². The second-order valence-electron chi connectivity index (χ2n) is 3.95. The SMILES string of the molecule is CC(=CC(=O)O)CN1CCC(C(N)=O)C1. The van der Waals surface area contributed by atoms with Crippen molar-refractivity contribution in [1.82, 2.24) is 4.90 Å². The van der Waals surface area contributed by atoms with Crippen molar-refractivity contribution in [3.8, 4) is 0 Å². The first-order chi connectivity index (χ1) is 6.99. The summed E-state index contributed by atoms with van der Waals surface area (Å²) in [6.45, 7) is 3.81. The van der Waals surface area contributed by atoms with E-state index in [4.69, 9.17) is 10.8 Å². The average Bonchev–Trinajstić information content (AvgIpc) is 2.50. The van der Waals surface area contributed by atoms with E-state index in [1.165, 1.54) is 6.08 Å². The van der Waals surface area contributed by atoms with E-state index in [0.29, 0.717) is 13.1 Å². The fourth-order valence-electron chi connectivity index (χ4n) is 1.82. The van der Waals surface area contributed by atoms with E-state index in [9.17, 15) is 9.59 Å². The Morgan fingerprint density at radius 3 is 2.73 bits per heavy atom. The summed E-state index contributed by atoms with van der Waals surface area (Å²) in [5.41, 5.74) is 5.98. The highest BCUT2D eigenvalue weighted by molar-refractivity contribution is 5.80. The second kappa shape index (κ2) is 4.93. The van der Waals surface area contributed by atoms with Crippen molar-refractivity contribution in [3.05, 3.63) is 11.6 Å². The van der Waals surface area contributed by atoms with Gasteiger partial charge in [0, 0.05) is 19.2 Å². The lowest BCUT2D eigenvalue weighted by atomic mass is 10.1. The molecule has 1 saturated heterocycles. The van der Waals surface area contributed by atoms with Gasteiger partial charge in [-0.3, -0.25) is 9.69 Å². The summed E-state index contributed by atoms with van der Waals surface area (Å²) < 4.78 is 0. The number of nitrogens with zero attached hydrogens (tertiary/aromatic N) is 1. The van der Waals surface area contributed by atoms with Crippen LogP contribution < -0.4 is 5.73 Å². The number of likely N-dealkylation sites (tertiary alicyclic amines) is 1. The summed E-state index contributed by atoms with van der Waals surface area (Å²) in [5, 5.41) is 8.53. The highest BCUT2D eigenvalue weighted by Crippen LogP contribution is 2.16. The average molecular weight is 212 g/mol. The number of carboxylic acid groups (broad SMARTS) is 1. The van der Waals surface area contributed by atoms with Crippen LogP contribution in [0.4, 0.5) is 0 Å². The maximum Gasteiger partial charge on any atom is 0.328 e. The van der Waals surface area contributed by atoms with Gasteiger partial charge in [-0.2, -0.15) is 0 Å². The Labute approximate surface area is 88.5 Å². The van der Waals surface area contributed by atoms with Crippen LogP contribution in [0.5, 0.6) is 0 Å². The highest BCUT2D eigenvalue weighted by Gasteiger charge is 2.26. The minimum atomic E-state index is -0.932. The summed E-state index contributed by atoms with van der Waals surface area (Å²) in [7, 11) is 0. The molecule has 84 valence electrons. The van der Waals surface area contributed by atoms with Gasteiger partial charge in [0.15, 0.2) is 0 Å². The van der Waals surface area contributed by atoms with Gasteiger partial charge in [-0.25, -0.2) is 4.79 Å². The Morgan fingerprint density at radius 2 is 2.27 bits per heavy atom. The van der Waals surface area contributed by atoms with Gasteiger partial charge in [0.1, 0.15) is 0 Å². The molecule has 1 rings (SSSR count). The molecule has 0 aliphatic carbocycles. The maximum atomic E-state index is 10.9. The molecule has 0 aromatic rings. The van der Waals surface area contributed by atoms with Crippen molar-refractivity contribution in [2.45, 2.75) is 13.3 Å². The molecule has 1 heterocycles. The Balaban J connectivity index is 2.42. The van der Waals surface area contributed by atoms with Gasteiger partial charge < -0.3 is 10.8 Å². The van der Waals surface area contributed by atoms with Crippen molar-refractivity contribution in [3.63, 3.8) is 0 Å². The Morgan fingerprint density at radius 1 is 1.60 bits per heavy atom. The van der Waals surface area contributed by atoms with E-state index < -0.39 is 5.97 Å². The molecule has 1 fully saturated rings. The van der Waals surface area contributed by atoms with Gasteiger partial charge in [-0.1, -0.05) is 5.57 Å². The molecular formula is C10H16N2O3. The van der Waals surface area contributed by atoms with Gasteiger partial charge in [-0.15, -0.1) is 0 Å². The largest absolute Gasteiger partial charge is 0.478 e. The molecule has 1 unspecified atom stereocenters. The molecule has 0 spiro atoms. The maximum absolute atomic E-state index is 10.9. The van der Waals surface area contributed by atoms with Gasteiger partial charge in [-0.05, 0) is 19.9 Å². The lowest BCUT2D eigenvalue weighted by molar-refractivity contribution is -0.131. The second-order valence-corrected chi connectivity index (χ2v) is 3.95. The molecule has 5 heteroatoms. The number of carboxylic acids is 1. The van der Waals surface area contributed by atoms with Crippen LogP contribution in [0.2, 0.25) is 0 Å². The van der Waals surface area contributed by atoms with Crippen LogP contribution >= 0.6 is 0 Å². The lowest BCUT2D eigenvalue weighted by Crippen LogP contribution is -2.28. The van der Waals surface area contributed by atoms with Gasteiger partial charge in [0.05, 0.1) is 5.92 Å². The van der Waals surface area contributed by atoms with Crippen LogP contribution in [0.3, 0.4) is 0 Å². The molecule has 1 amide bonds. The topological polar surface area (TPSA) is 83.6 Å². The molecule has 1 aliphatic rings. The molecule has 0 saturated carbocycles. The Kier molecular flexibility index (Phi) is 3.85. The number of aliphatic carboxylic acids is 1. The zero-order valence-electron chi connectivity index (χ0n) is 8.77. The van der Waals surface area contributed by atoms with Crippen molar-refractivity contribution in [1.29, 1.82) is 0 Å². The van der Waals surface area contributed by atoms with E-state index in [-0.39, 0.29) is 11.8 Å². The standard InChI is InChI=1S/C10H16N2O3/c1-7(4-9(13)14)5-12-3-2-8(6-12)10(11)15/h4,8H,2-3,5-6H2,1H3,(H2,11,15)(H,13,14). The third-order valence-corrected chi connectivity index (χ3v) is 2.52. The van der Waals surface area contributed by atoms with E-state index in [1.807, 2.05) is 4.90 Å². The fraction of sp³-hybridized carbons (Fsp3) is 0.600. The first kappa shape index (κ1) is 11.7. The molecule has 0 aromatic heterocycles. The lowest BCUT2D eigenvalue weighted by Gasteiger charge is -2.15. The van der Waals surface area contributed by atoms with Gasteiger partial charge >= 0.3 is 5.97 Å². The first-order valence-corrected chi connectivity index (χ1v) is 4.91. The number of carbonyl (C=O) groups is 2. The summed E-state index contributed by atoms with van der Waals surface area (Å²) in [5.74, 6) is -1.28. The summed E-state index contributed by atoms with van der Waals surface area (Å²) in [6.07, 6.45) is 1.97. The number of hydrogen-bond donors (Lipinski definition) is 2. The third-order valence-electron chi connectivity index (χ3n) is 2.52. The molecular weight excluding hydrogens is 196 g/mol. The van der Waals surface area contributed by atoms with Crippen molar-refractivity contribution in [2.24, 2.45) is 11.7 Å². The molecule has 1 atom stereocenters. The minimum Gasteiger partial charge on any atom is -0.478 e. The summed E-state index contributed by atoms with van der Waals surface area (Å²) in [4.78, 5) is 23.3. The molecule has 15 heavy (non-hydrogen) atoms. The molecule has 5 nitrogen and oxygen atoms in total. The van der Waals surface area contributed by atoms with E-state index >= 15 is 0 Å². The van der Waals surface area contributed by atoms with Crippen LogP contribution in [-0.4, -0.2) is 41.5 Å². The molecule has 1 aliphatic heterocycles. The number of nitrogens with two attached hydrogens (primary N) is 1. The Bertz CT molecular complexity index is 299. The number of carbonyl (C=O) groups excluding carboxylic acids is 1. The zero-order valence-corrected chi connectivity index (χ0v) is 8.77. The van der Waals surface area contributed by atoms with Crippen LogP contribution in [0, 0.1) is 5.92 Å². The fourth-order valence-corrected chi connectivity index (χ4v) is 1.82. The summed E-state index contributed by atoms with van der Waals surface area (Å²) >= 11 is 0. The van der Waals surface area contributed by atoms with E-state index in [1.54, 1.807) is 6.92 Å². The predicted molar refractivity (Wildman–Crippen MR) is 55.1 cm³/mol. The molecule has 0 radical (unpaired) electrons. The third kappa shape index (κ3) is 3.71. The molecule has 3 N–H and O–H groups in total. The monoisotopic (exact) mass is 212 g/mol. The van der Waals surface area contributed by atoms with Crippen molar-refractivity contribution >= 4 is 11.9 Å². The van der Waals surface area contributed by atoms with Gasteiger partial charge in [0.2, 0.25) is 5.91 Å². The van der Waals surface area contributed by atoms with Crippen LogP contribution in [0.15, 0.2) is 11.6 Å². The quantitative estimate of drug-likeness (QED) is 0.633. The highest BCUT2D eigenvalue weighted by atomic mass is 16.4. The number of rotatable bonds is 4. The summed E-state index contributed by atoms with van der Waals surface area (Å²) in [6, 6.07) is 0. The van der Waals surface area contributed by atoms with Crippen LogP contribution in [0.1, 0.15) is 13.3 Å². The zero-order chi connectivity index (χ0) is 11.4.